The lowest BCUT2D eigenvalue weighted by atomic mass is 9.34. The van der Waals surface area contributed by atoms with Gasteiger partial charge in [0, 0.05) is 107 Å². The van der Waals surface area contributed by atoms with Gasteiger partial charge >= 0.3 is 0 Å². The van der Waals surface area contributed by atoms with Crippen LogP contribution in [0.5, 0.6) is 0 Å². The predicted octanol–water partition coefficient (Wildman–Crippen LogP) is 22.1. The molecular formula is C90H59BN4O2. The van der Waals surface area contributed by atoms with Crippen LogP contribution in [-0.4, -0.2) is 25.8 Å². The largest absolute Gasteiger partial charge is 0.455 e. The van der Waals surface area contributed by atoms with Crippen LogP contribution in [0, 0.1) is 0 Å². The average molecular weight is 1240 g/mol. The standard InChI is InChI=1S/C90H59BN4O2/c1-89(2,3)49-32-34-73-66(42-49)68-43-50(90(4,5)6)44-71-85(68)94(73)75-40-48(79-59(62-28-16-30-64-69-46-92-38-36-77(69)96-87(62)64)26-15-27-60(79)63-29-17-31-65-70-47-93-39-37-78(70)97-88(63)65)41-76-84(75)91(71)72-45-67-56-23-10-8-19-52(56)54-21-12-14-25-58(54)81(67)83-82-74(95(76)86(72)83)35-33-61-55-22-9-7-18-51(55)53-20-11-13-24-57(53)80(61)82/h7-47H,1-6H3. The molecule has 14 aromatic carbocycles. The van der Waals surface area contributed by atoms with Crippen LogP contribution in [0.1, 0.15) is 52.7 Å². The lowest BCUT2D eigenvalue weighted by molar-refractivity contribution is 0.590. The molecule has 0 N–H and O–H groups in total. The Morgan fingerprint density at radius 1 is 0.330 bits per heavy atom. The molecule has 0 unspecified atom stereocenters. The van der Waals surface area contributed by atoms with E-state index in [1.807, 2.05) is 36.9 Å². The van der Waals surface area contributed by atoms with Crippen LogP contribution in [-0.2, 0) is 10.8 Å². The monoisotopic (exact) mass is 1240 g/mol. The first-order valence-corrected chi connectivity index (χ1v) is 34.0. The molecule has 0 saturated heterocycles. The quantitative estimate of drug-likeness (QED) is 0.131. The summed E-state index contributed by atoms with van der Waals surface area (Å²) in [6.07, 6.45) is 7.51. The van der Waals surface area contributed by atoms with Crippen molar-refractivity contribution in [2.24, 2.45) is 0 Å². The van der Waals surface area contributed by atoms with E-state index < -0.39 is 0 Å². The average Bonchev–Trinajstić information content (AvgIpc) is 1.53. The summed E-state index contributed by atoms with van der Waals surface area (Å²) in [5.74, 6) is 0. The Bertz CT molecular complexity index is 6870. The topological polar surface area (TPSA) is 61.9 Å². The summed E-state index contributed by atoms with van der Waals surface area (Å²) in [4.78, 5) is 9.23. The third-order valence-corrected chi connectivity index (χ3v) is 22.3. The van der Waals surface area contributed by atoms with E-state index >= 15 is 0 Å². The molecule has 2 aliphatic rings. The van der Waals surface area contributed by atoms with Gasteiger partial charge in [-0.2, -0.15) is 0 Å². The molecule has 0 saturated carbocycles. The molecule has 6 nitrogen and oxygen atoms in total. The number of fused-ring (bicyclic) bond motifs is 30. The van der Waals surface area contributed by atoms with Gasteiger partial charge in [0.25, 0.3) is 6.71 Å². The molecule has 454 valence electrons. The maximum atomic E-state index is 7.05. The Labute approximate surface area is 557 Å². The van der Waals surface area contributed by atoms with Crippen LogP contribution >= 0.6 is 0 Å². The number of para-hydroxylation sites is 2. The highest BCUT2D eigenvalue weighted by molar-refractivity contribution is 7.00. The van der Waals surface area contributed by atoms with Gasteiger partial charge in [-0.05, 0) is 163 Å². The second-order valence-electron chi connectivity index (χ2n) is 29.4. The second-order valence-corrected chi connectivity index (χ2v) is 29.4. The normalized spacial score (nSPS) is 13.2. The van der Waals surface area contributed by atoms with E-state index in [4.69, 9.17) is 8.83 Å². The molecule has 0 radical (unpaired) electrons. The van der Waals surface area contributed by atoms with E-state index in [2.05, 4.69) is 273 Å². The SMILES string of the molecule is CC(C)(C)c1ccc2c(c1)c1cc(C(C)(C)C)cc3c1n2-c1cc(-c2c(-c4cccc5c4oc4ccncc45)cccc2-c2cccc4c2oc2ccncc24)cc2c1B3c1cc3c4ccccc4c4ccccc4c3c3c4c5c6ccccc6c6ccccc6c5ccc4n-2c13. The fourth-order valence-electron chi connectivity index (χ4n) is 18.1. The Morgan fingerprint density at radius 2 is 0.784 bits per heavy atom. The molecule has 20 aromatic rings. The number of aromatic nitrogens is 4. The molecule has 0 atom stereocenters. The van der Waals surface area contributed by atoms with Crippen molar-refractivity contribution in [1.29, 1.82) is 0 Å². The van der Waals surface area contributed by atoms with Crippen molar-refractivity contribution in [1.82, 2.24) is 19.1 Å². The van der Waals surface area contributed by atoms with Gasteiger partial charge in [-0.1, -0.05) is 217 Å². The first-order chi connectivity index (χ1) is 47.4. The molecule has 22 rings (SSSR count). The summed E-state index contributed by atoms with van der Waals surface area (Å²) in [5, 5.41) is 24.2. The van der Waals surface area contributed by atoms with Crippen LogP contribution < -0.4 is 16.4 Å². The van der Waals surface area contributed by atoms with Crippen molar-refractivity contribution in [3.8, 4) is 44.8 Å². The van der Waals surface area contributed by atoms with Gasteiger partial charge in [0.05, 0.1) is 16.6 Å². The highest BCUT2D eigenvalue weighted by atomic mass is 16.3. The van der Waals surface area contributed by atoms with Crippen molar-refractivity contribution in [2.75, 3.05) is 0 Å². The van der Waals surface area contributed by atoms with E-state index in [0.29, 0.717) is 0 Å². The fourth-order valence-corrected chi connectivity index (χ4v) is 18.1. The number of nitrogens with zero attached hydrogens (tertiary/aromatic N) is 4. The van der Waals surface area contributed by atoms with Gasteiger partial charge in [0.15, 0.2) is 0 Å². The van der Waals surface area contributed by atoms with Crippen LogP contribution in [0.15, 0.2) is 258 Å². The summed E-state index contributed by atoms with van der Waals surface area (Å²) in [5.41, 5.74) is 23.0. The molecule has 2 aliphatic heterocycles. The highest BCUT2D eigenvalue weighted by Crippen LogP contribution is 2.53. The summed E-state index contributed by atoms with van der Waals surface area (Å²) in [6.45, 7) is 14.0. The Kier molecular flexibility index (Phi) is 10.3. The zero-order chi connectivity index (χ0) is 64.2. The third-order valence-electron chi connectivity index (χ3n) is 22.3. The molecule has 8 heterocycles. The van der Waals surface area contributed by atoms with Gasteiger partial charge in [-0.25, -0.2) is 0 Å². The molecule has 0 bridgehead atoms. The van der Waals surface area contributed by atoms with E-state index in [1.54, 1.807) is 0 Å². The van der Waals surface area contributed by atoms with Crippen molar-refractivity contribution in [3.05, 3.63) is 260 Å². The predicted molar refractivity (Wildman–Crippen MR) is 409 cm³/mol. The van der Waals surface area contributed by atoms with Crippen LogP contribution in [0.3, 0.4) is 0 Å². The van der Waals surface area contributed by atoms with Crippen molar-refractivity contribution >= 4 is 175 Å². The lowest BCUT2D eigenvalue weighted by Gasteiger charge is -2.35. The molecular weight excluding hydrogens is 1180 g/mol. The maximum Gasteiger partial charge on any atom is 0.252 e. The number of pyridine rings is 2. The minimum absolute atomic E-state index is 0.0918. The Morgan fingerprint density at radius 3 is 1.35 bits per heavy atom. The zero-order valence-corrected chi connectivity index (χ0v) is 54.4. The number of hydrogen-bond acceptors (Lipinski definition) is 4. The summed E-state index contributed by atoms with van der Waals surface area (Å²) in [6, 6.07) is 85.7. The first kappa shape index (κ1) is 53.6. The van der Waals surface area contributed by atoms with Crippen LogP contribution in [0.25, 0.3) is 197 Å². The molecule has 0 amide bonds. The second kappa shape index (κ2) is 18.6. The molecule has 97 heavy (non-hydrogen) atoms. The van der Waals surface area contributed by atoms with Crippen molar-refractivity contribution < 1.29 is 8.83 Å². The van der Waals surface area contributed by atoms with E-state index in [9.17, 15) is 0 Å². The van der Waals surface area contributed by atoms with Gasteiger partial charge in [-0.15, -0.1) is 0 Å². The van der Waals surface area contributed by atoms with Gasteiger partial charge in [0.1, 0.15) is 22.3 Å². The smallest absolute Gasteiger partial charge is 0.252 e. The molecule has 0 spiro atoms. The number of rotatable bonds is 3. The van der Waals surface area contributed by atoms with Gasteiger partial charge in [-0.3, -0.25) is 9.97 Å². The van der Waals surface area contributed by atoms with Crippen LogP contribution in [0.4, 0.5) is 0 Å². The first-order valence-electron chi connectivity index (χ1n) is 34.0. The maximum absolute atomic E-state index is 7.05. The number of benzene rings is 14. The van der Waals surface area contributed by atoms with Gasteiger partial charge in [0.2, 0.25) is 0 Å². The zero-order valence-electron chi connectivity index (χ0n) is 54.4. The van der Waals surface area contributed by atoms with E-state index in [1.165, 1.54) is 141 Å². The fraction of sp³-hybridized carbons (Fsp3) is 0.0889. The molecule has 0 aliphatic carbocycles. The Hall–Kier alpha value is -11.8. The highest BCUT2D eigenvalue weighted by Gasteiger charge is 2.44. The van der Waals surface area contributed by atoms with Gasteiger partial charge < -0.3 is 18.0 Å². The van der Waals surface area contributed by atoms with Crippen LogP contribution in [0.2, 0.25) is 0 Å². The van der Waals surface area contributed by atoms with E-state index in [-0.39, 0.29) is 17.5 Å². The van der Waals surface area contributed by atoms with Crippen molar-refractivity contribution in [3.63, 3.8) is 0 Å². The molecule has 0 fully saturated rings. The summed E-state index contributed by atoms with van der Waals surface area (Å²) < 4.78 is 19.5. The third kappa shape index (κ3) is 6.95. The molecule has 6 aromatic heterocycles. The summed E-state index contributed by atoms with van der Waals surface area (Å²) >= 11 is 0. The number of furan rings is 2. The van der Waals surface area contributed by atoms with E-state index in [0.717, 1.165) is 82.9 Å². The summed E-state index contributed by atoms with van der Waals surface area (Å²) in [7, 11) is 0. The minimum Gasteiger partial charge on any atom is -0.455 e. The van der Waals surface area contributed by atoms with Crippen molar-refractivity contribution in [2.45, 2.75) is 52.4 Å². The minimum atomic E-state index is -0.189. The molecule has 7 heteroatoms. The lowest BCUT2D eigenvalue weighted by Crippen LogP contribution is -2.59. The Balaban J connectivity index is 0.992. The number of hydrogen-bond donors (Lipinski definition) is 0.